The molecule has 7 nitrogen and oxygen atoms in total. The fourth-order valence-electron chi connectivity index (χ4n) is 5.51. The summed E-state index contributed by atoms with van der Waals surface area (Å²) in [5.74, 6) is 0.155. The number of halogens is 1. The molecule has 0 bridgehead atoms. The van der Waals surface area contributed by atoms with Gasteiger partial charge in [0, 0.05) is 26.2 Å². The third-order valence-corrected chi connectivity index (χ3v) is 9.38. The lowest BCUT2D eigenvalue weighted by molar-refractivity contribution is -0.135. The van der Waals surface area contributed by atoms with Gasteiger partial charge in [0.1, 0.15) is 11.8 Å². The number of nitrogens with zero attached hydrogens (tertiary/aromatic N) is 2. The summed E-state index contributed by atoms with van der Waals surface area (Å²) in [4.78, 5) is 18.1. The Balaban J connectivity index is 1.34. The van der Waals surface area contributed by atoms with Crippen LogP contribution >= 0.6 is 11.6 Å². The van der Waals surface area contributed by atoms with E-state index in [1.165, 1.54) is 29.3 Å². The summed E-state index contributed by atoms with van der Waals surface area (Å²) in [7, 11) is -4.06. The molecular formula is C34H36ClN3O4S. The van der Waals surface area contributed by atoms with Gasteiger partial charge in [0.25, 0.3) is 0 Å². The van der Waals surface area contributed by atoms with Crippen molar-refractivity contribution in [3.8, 4) is 5.75 Å². The largest absolute Gasteiger partial charge is 0.492 e. The standard InChI is InChI=1S/C34H36ClN3O4S/c1-2-42-32-19-18-29(25-30(32)35)43(40,41)36-31(24-26-12-6-3-7-13-26)34(39)38-22-20-37(21-23-38)33(27-14-8-4-9-15-27)28-16-10-5-11-17-28/h3-19,25,31,33,36H,2,20-24H2,1H3/t31-/m0/s1. The average Bonchev–Trinajstić information content (AvgIpc) is 3.03. The highest BCUT2D eigenvalue weighted by Gasteiger charge is 2.33. The van der Waals surface area contributed by atoms with Crippen LogP contribution in [0.1, 0.15) is 29.7 Å². The van der Waals surface area contributed by atoms with Crippen LogP contribution < -0.4 is 9.46 Å². The number of carbonyl (C=O) groups is 1. The molecule has 0 aliphatic carbocycles. The highest BCUT2D eigenvalue weighted by molar-refractivity contribution is 7.89. The van der Waals surface area contributed by atoms with Crippen LogP contribution in [0, 0.1) is 0 Å². The Labute approximate surface area is 259 Å². The molecule has 0 aromatic heterocycles. The second kappa shape index (κ2) is 14.2. The molecule has 1 fully saturated rings. The molecule has 224 valence electrons. The lowest BCUT2D eigenvalue weighted by Gasteiger charge is -2.40. The predicted octanol–water partition coefficient (Wildman–Crippen LogP) is 5.56. The Morgan fingerprint density at radius 2 is 1.40 bits per heavy atom. The Morgan fingerprint density at radius 3 is 1.93 bits per heavy atom. The van der Waals surface area contributed by atoms with Crippen molar-refractivity contribution in [3.63, 3.8) is 0 Å². The molecule has 0 unspecified atom stereocenters. The van der Waals surface area contributed by atoms with Crippen LogP contribution in [0.5, 0.6) is 5.75 Å². The van der Waals surface area contributed by atoms with E-state index >= 15 is 0 Å². The summed E-state index contributed by atoms with van der Waals surface area (Å²) < 4.78 is 35.2. The van der Waals surface area contributed by atoms with Crippen LogP contribution in [0.3, 0.4) is 0 Å². The molecule has 43 heavy (non-hydrogen) atoms. The van der Waals surface area contributed by atoms with Crippen LogP contribution in [0.25, 0.3) is 0 Å². The van der Waals surface area contributed by atoms with Crippen molar-refractivity contribution >= 4 is 27.5 Å². The number of sulfonamides is 1. The molecule has 0 spiro atoms. The molecule has 9 heteroatoms. The maximum absolute atomic E-state index is 14.0. The molecule has 1 saturated heterocycles. The fourth-order valence-corrected chi connectivity index (χ4v) is 7.03. The Bertz CT molecular complexity index is 1560. The summed E-state index contributed by atoms with van der Waals surface area (Å²) in [5.41, 5.74) is 3.24. The van der Waals surface area contributed by atoms with E-state index in [2.05, 4.69) is 33.9 Å². The Hall–Kier alpha value is -3.69. The van der Waals surface area contributed by atoms with Gasteiger partial charge in [-0.3, -0.25) is 9.69 Å². The van der Waals surface area contributed by atoms with Crippen LogP contribution in [0.15, 0.2) is 114 Å². The minimum absolute atomic E-state index is 0.0230. The molecule has 1 amide bonds. The monoisotopic (exact) mass is 617 g/mol. The number of piperazine rings is 1. The van der Waals surface area contributed by atoms with E-state index in [-0.39, 0.29) is 28.3 Å². The first-order chi connectivity index (χ1) is 20.9. The van der Waals surface area contributed by atoms with Crippen LogP contribution in [-0.2, 0) is 21.2 Å². The number of amides is 1. The van der Waals surface area contributed by atoms with Gasteiger partial charge >= 0.3 is 0 Å². The number of ether oxygens (including phenoxy) is 1. The number of hydrogen-bond acceptors (Lipinski definition) is 5. The van der Waals surface area contributed by atoms with E-state index in [0.717, 1.165) is 5.56 Å². The highest BCUT2D eigenvalue weighted by atomic mass is 35.5. The second-order valence-corrected chi connectivity index (χ2v) is 12.6. The van der Waals surface area contributed by atoms with E-state index in [0.29, 0.717) is 38.5 Å². The van der Waals surface area contributed by atoms with Gasteiger partial charge in [-0.05, 0) is 48.2 Å². The van der Waals surface area contributed by atoms with E-state index < -0.39 is 16.1 Å². The molecule has 0 saturated carbocycles. The van der Waals surface area contributed by atoms with E-state index in [1.54, 1.807) is 4.90 Å². The van der Waals surface area contributed by atoms with Crippen molar-refractivity contribution in [3.05, 3.63) is 131 Å². The topological polar surface area (TPSA) is 78.9 Å². The molecule has 4 aromatic rings. The lowest BCUT2D eigenvalue weighted by Crippen LogP contribution is -2.56. The van der Waals surface area contributed by atoms with Gasteiger partial charge in [0.15, 0.2) is 0 Å². The highest BCUT2D eigenvalue weighted by Crippen LogP contribution is 2.30. The van der Waals surface area contributed by atoms with Gasteiger partial charge in [-0.15, -0.1) is 0 Å². The summed E-state index contributed by atoms with van der Waals surface area (Å²) in [5, 5.41) is 0.193. The molecular weight excluding hydrogens is 582 g/mol. The predicted molar refractivity (Wildman–Crippen MR) is 170 cm³/mol. The maximum Gasteiger partial charge on any atom is 0.241 e. The van der Waals surface area contributed by atoms with Gasteiger partial charge < -0.3 is 9.64 Å². The van der Waals surface area contributed by atoms with E-state index in [1.807, 2.05) is 73.7 Å². The minimum Gasteiger partial charge on any atom is -0.492 e. The van der Waals surface area contributed by atoms with Crippen LogP contribution in [-0.4, -0.2) is 63.0 Å². The number of hydrogen-bond donors (Lipinski definition) is 1. The van der Waals surface area contributed by atoms with Crippen molar-refractivity contribution in [2.75, 3.05) is 32.8 Å². The lowest BCUT2D eigenvalue weighted by atomic mass is 9.96. The SMILES string of the molecule is CCOc1ccc(S(=O)(=O)N[C@@H](Cc2ccccc2)C(=O)N2CCN(C(c3ccccc3)c3ccccc3)CC2)cc1Cl. The summed E-state index contributed by atoms with van der Waals surface area (Å²) >= 11 is 6.30. The molecule has 5 rings (SSSR count). The summed E-state index contributed by atoms with van der Waals surface area (Å²) in [6.07, 6.45) is 0.223. The van der Waals surface area contributed by atoms with Gasteiger partial charge in [-0.25, -0.2) is 8.42 Å². The smallest absolute Gasteiger partial charge is 0.241 e. The average molecular weight is 618 g/mol. The first-order valence-electron chi connectivity index (χ1n) is 14.5. The van der Waals surface area contributed by atoms with E-state index in [9.17, 15) is 13.2 Å². The minimum atomic E-state index is -4.06. The zero-order valence-electron chi connectivity index (χ0n) is 24.1. The van der Waals surface area contributed by atoms with Crippen LogP contribution in [0.4, 0.5) is 0 Å². The third kappa shape index (κ3) is 7.64. The number of carbonyl (C=O) groups excluding carboxylic acids is 1. The Morgan fingerprint density at radius 1 is 0.837 bits per heavy atom. The zero-order valence-corrected chi connectivity index (χ0v) is 25.7. The molecule has 1 aliphatic rings. The van der Waals surface area contributed by atoms with Crippen molar-refractivity contribution in [2.24, 2.45) is 0 Å². The summed E-state index contributed by atoms with van der Waals surface area (Å²) in [6, 6.07) is 33.6. The fraction of sp³-hybridized carbons (Fsp3) is 0.265. The van der Waals surface area contributed by atoms with E-state index in [4.69, 9.17) is 16.3 Å². The van der Waals surface area contributed by atoms with Gasteiger partial charge in [0.05, 0.1) is 22.6 Å². The molecule has 1 heterocycles. The van der Waals surface area contributed by atoms with Crippen molar-refractivity contribution < 1.29 is 17.9 Å². The third-order valence-electron chi connectivity index (χ3n) is 7.61. The van der Waals surface area contributed by atoms with Gasteiger partial charge in [-0.1, -0.05) is 103 Å². The van der Waals surface area contributed by atoms with Gasteiger partial charge in [-0.2, -0.15) is 4.72 Å². The molecule has 4 aromatic carbocycles. The second-order valence-electron chi connectivity index (χ2n) is 10.5. The molecule has 1 N–H and O–H groups in total. The normalized spacial score (nSPS) is 14.9. The van der Waals surface area contributed by atoms with Crippen molar-refractivity contribution in [1.82, 2.24) is 14.5 Å². The number of rotatable bonds is 11. The molecule has 1 aliphatic heterocycles. The Kier molecular flexibility index (Phi) is 10.1. The zero-order chi connectivity index (χ0) is 30.2. The molecule has 0 radical (unpaired) electrons. The van der Waals surface area contributed by atoms with Crippen LogP contribution in [0.2, 0.25) is 5.02 Å². The number of nitrogens with one attached hydrogen (secondary N) is 1. The van der Waals surface area contributed by atoms with Crippen molar-refractivity contribution in [1.29, 1.82) is 0 Å². The quantitative estimate of drug-likeness (QED) is 0.238. The molecule has 1 atom stereocenters. The van der Waals surface area contributed by atoms with Crippen molar-refractivity contribution in [2.45, 2.75) is 30.3 Å². The first-order valence-corrected chi connectivity index (χ1v) is 16.3. The number of benzene rings is 4. The summed E-state index contributed by atoms with van der Waals surface area (Å²) in [6.45, 7) is 4.50. The maximum atomic E-state index is 14.0. The van der Waals surface area contributed by atoms with Gasteiger partial charge in [0.2, 0.25) is 15.9 Å². The first kappa shape index (κ1) is 30.8.